The SMILES string of the molecule is CC=CCCc1cc2ccc(C3CCC4CC(CCCC)CCC4C3)c(F)c2cc1F. The normalized spacial score (nSPS) is 26.5. The van der Waals surface area contributed by atoms with E-state index in [0.29, 0.717) is 17.4 Å². The van der Waals surface area contributed by atoms with Crippen LogP contribution in [-0.2, 0) is 6.42 Å². The van der Waals surface area contributed by atoms with E-state index in [-0.39, 0.29) is 17.6 Å². The third-order valence-electron chi connectivity index (χ3n) is 8.09. The van der Waals surface area contributed by atoms with Crippen LogP contribution in [0, 0.1) is 29.4 Å². The predicted molar refractivity (Wildman–Crippen MR) is 127 cm³/mol. The van der Waals surface area contributed by atoms with Crippen molar-refractivity contribution >= 4 is 10.8 Å². The molecule has 2 aliphatic carbocycles. The van der Waals surface area contributed by atoms with Crippen molar-refractivity contribution in [3.8, 4) is 0 Å². The number of rotatable bonds is 7. The van der Waals surface area contributed by atoms with Crippen LogP contribution in [0.1, 0.15) is 95.1 Å². The van der Waals surface area contributed by atoms with Gasteiger partial charge in [-0.15, -0.1) is 0 Å². The van der Waals surface area contributed by atoms with Gasteiger partial charge in [-0.1, -0.05) is 56.9 Å². The summed E-state index contributed by atoms with van der Waals surface area (Å²) in [6, 6.07) is 7.28. The molecule has 0 N–H and O–H groups in total. The van der Waals surface area contributed by atoms with Gasteiger partial charge in [0.05, 0.1) is 0 Å². The molecular weight excluding hydrogens is 386 g/mol. The minimum atomic E-state index is -0.276. The van der Waals surface area contributed by atoms with Crippen LogP contribution >= 0.6 is 0 Å². The highest BCUT2D eigenvalue weighted by atomic mass is 19.1. The summed E-state index contributed by atoms with van der Waals surface area (Å²) in [5.74, 6) is 2.33. The lowest BCUT2D eigenvalue weighted by molar-refractivity contribution is 0.113. The second-order valence-electron chi connectivity index (χ2n) is 10.1. The van der Waals surface area contributed by atoms with Gasteiger partial charge in [-0.25, -0.2) is 8.78 Å². The standard InChI is InChI=1S/C29H38F2/c1-3-5-7-9-25-18-24-14-15-26(29(31)27(24)19-28(25)30)23-13-12-21-16-20(8-6-4-2)10-11-22(21)17-23/h3,5,14-15,18-23H,4,6-13,16-17H2,1-2H3. The quantitative estimate of drug-likeness (QED) is 0.389. The van der Waals surface area contributed by atoms with Crippen molar-refractivity contribution in [3.63, 3.8) is 0 Å². The molecule has 2 fully saturated rings. The Balaban J connectivity index is 1.49. The molecule has 2 aromatic rings. The van der Waals surface area contributed by atoms with Gasteiger partial charge in [0.25, 0.3) is 0 Å². The van der Waals surface area contributed by atoms with E-state index in [1.807, 2.05) is 37.3 Å². The van der Waals surface area contributed by atoms with Crippen molar-refractivity contribution in [1.29, 1.82) is 0 Å². The lowest BCUT2D eigenvalue weighted by atomic mass is 9.63. The van der Waals surface area contributed by atoms with Gasteiger partial charge in [0.1, 0.15) is 11.6 Å². The molecule has 0 spiro atoms. The van der Waals surface area contributed by atoms with Crippen LogP contribution in [0.15, 0.2) is 36.4 Å². The largest absolute Gasteiger partial charge is 0.207 e. The fourth-order valence-corrected chi connectivity index (χ4v) is 6.31. The van der Waals surface area contributed by atoms with Crippen molar-refractivity contribution in [3.05, 3.63) is 59.2 Å². The highest BCUT2D eigenvalue weighted by Gasteiger charge is 2.36. The number of halogens is 2. The Morgan fingerprint density at radius 1 is 1.00 bits per heavy atom. The van der Waals surface area contributed by atoms with Crippen molar-refractivity contribution in [2.24, 2.45) is 17.8 Å². The van der Waals surface area contributed by atoms with Crippen molar-refractivity contribution in [1.82, 2.24) is 0 Å². The van der Waals surface area contributed by atoms with Gasteiger partial charge < -0.3 is 0 Å². The van der Waals surface area contributed by atoms with E-state index in [4.69, 9.17) is 0 Å². The molecule has 0 radical (unpaired) electrons. The van der Waals surface area contributed by atoms with Gasteiger partial charge in [0.2, 0.25) is 0 Å². The fourth-order valence-electron chi connectivity index (χ4n) is 6.31. The summed E-state index contributed by atoms with van der Waals surface area (Å²) in [7, 11) is 0. The molecule has 0 nitrogen and oxygen atoms in total. The maximum absolute atomic E-state index is 15.5. The molecule has 4 atom stereocenters. The van der Waals surface area contributed by atoms with Crippen LogP contribution in [0.25, 0.3) is 10.8 Å². The number of unbranched alkanes of at least 4 members (excludes halogenated alkanes) is 1. The van der Waals surface area contributed by atoms with Crippen molar-refractivity contribution in [2.75, 3.05) is 0 Å². The van der Waals surface area contributed by atoms with E-state index in [1.165, 1.54) is 51.0 Å². The Labute approximate surface area is 187 Å². The van der Waals surface area contributed by atoms with Gasteiger partial charge in [-0.3, -0.25) is 0 Å². The Morgan fingerprint density at radius 3 is 2.61 bits per heavy atom. The van der Waals surface area contributed by atoms with E-state index in [0.717, 1.165) is 48.0 Å². The van der Waals surface area contributed by atoms with E-state index >= 15 is 4.39 Å². The molecule has 0 aromatic heterocycles. The molecule has 0 aliphatic heterocycles. The number of allylic oxidation sites excluding steroid dienone is 2. The Morgan fingerprint density at radius 2 is 1.81 bits per heavy atom. The van der Waals surface area contributed by atoms with Crippen molar-refractivity contribution < 1.29 is 8.78 Å². The predicted octanol–water partition coefficient (Wildman–Crippen LogP) is 9.12. The lowest BCUT2D eigenvalue weighted by Gasteiger charge is -2.42. The molecule has 4 rings (SSSR count). The van der Waals surface area contributed by atoms with Crippen LogP contribution in [0.2, 0.25) is 0 Å². The van der Waals surface area contributed by atoms with Gasteiger partial charge in [0, 0.05) is 5.39 Å². The third kappa shape index (κ3) is 5.04. The molecule has 168 valence electrons. The van der Waals surface area contributed by atoms with Crippen LogP contribution in [-0.4, -0.2) is 0 Å². The number of aryl methyl sites for hydroxylation is 1. The van der Waals surface area contributed by atoms with Crippen molar-refractivity contribution in [2.45, 2.75) is 90.4 Å². The summed E-state index contributed by atoms with van der Waals surface area (Å²) in [5, 5.41) is 1.28. The number of hydrogen-bond donors (Lipinski definition) is 0. The zero-order valence-corrected chi connectivity index (χ0v) is 19.3. The first-order valence-electron chi connectivity index (χ1n) is 12.6. The summed E-state index contributed by atoms with van der Waals surface area (Å²) >= 11 is 0. The molecule has 0 amide bonds. The van der Waals surface area contributed by atoms with Gasteiger partial charge in [-0.05, 0) is 104 Å². The summed E-state index contributed by atoms with van der Waals surface area (Å²) in [6.07, 6.45) is 17.0. The molecule has 2 aromatic carbocycles. The lowest BCUT2D eigenvalue weighted by Crippen LogP contribution is -2.30. The molecular formula is C29H38F2. The summed E-state index contributed by atoms with van der Waals surface area (Å²) in [5.41, 5.74) is 1.50. The van der Waals surface area contributed by atoms with Gasteiger partial charge >= 0.3 is 0 Å². The highest BCUT2D eigenvalue weighted by Crippen LogP contribution is 2.49. The van der Waals surface area contributed by atoms with Crippen LogP contribution in [0.3, 0.4) is 0 Å². The van der Waals surface area contributed by atoms with Gasteiger partial charge in [-0.2, -0.15) is 0 Å². The molecule has 0 bridgehead atoms. The Kier molecular flexibility index (Phi) is 7.46. The average molecular weight is 425 g/mol. The molecule has 2 heteroatoms. The Hall–Kier alpha value is -1.70. The molecule has 0 saturated heterocycles. The molecule has 2 aliphatic rings. The van der Waals surface area contributed by atoms with Crippen LogP contribution in [0.5, 0.6) is 0 Å². The van der Waals surface area contributed by atoms with E-state index in [1.54, 1.807) is 0 Å². The zero-order valence-electron chi connectivity index (χ0n) is 19.3. The second-order valence-corrected chi connectivity index (χ2v) is 10.1. The Bertz CT molecular complexity index is 913. The van der Waals surface area contributed by atoms with Crippen LogP contribution in [0.4, 0.5) is 8.78 Å². The third-order valence-corrected chi connectivity index (χ3v) is 8.09. The van der Waals surface area contributed by atoms with E-state index in [9.17, 15) is 4.39 Å². The molecule has 0 heterocycles. The second kappa shape index (κ2) is 10.3. The van der Waals surface area contributed by atoms with E-state index in [2.05, 4.69) is 6.92 Å². The first-order chi connectivity index (χ1) is 15.1. The topological polar surface area (TPSA) is 0 Å². The minimum Gasteiger partial charge on any atom is -0.207 e. The highest BCUT2D eigenvalue weighted by molar-refractivity contribution is 5.85. The minimum absolute atomic E-state index is 0.184. The summed E-state index contributed by atoms with van der Waals surface area (Å²) < 4.78 is 30.2. The number of benzene rings is 2. The number of fused-ring (bicyclic) bond motifs is 2. The average Bonchev–Trinajstić information content (AvgIpc) is 2.78. The van der Waals surface area contributed by atoms with Crippen LogP contribution < -0.4 is 0 Å². The maximum atomic E-state index is 15.5. The molecule has 2 saturated carbocycles. The summed E-state index contributed by atoms with van der Waals surface area (Å²) in [6.45, 7) is 4.25. The van der Waals surface area contributed by atoms with Gasteiger partial charge in [0.15, 0.2) is 0 Å². The van der Waals surface area contributed by atoms with E-state index < -0.39 is 0 Å². The molecule has 31 heavy (non-hydrogen) atoms. The maximum Gasteiger partial charge on any atom is 0.134 e. The monoisotopic (exact) mass is 424 g/mol. The fraction of sp³-hybridized carbons (Fsp3) is 0.586. The zero-order chi connectivity index (χ0) is 21.8. The summed E-state index contributed by atoms with van der Waals surface area (Å²) in [4.78, 5) is 0. The first-order valence-corrected chi connectivity index (χ1v) is 12.6. The molecule has 4 unspecified atom stereocenters. The number of hydrogen-bond acceptors (Lipinski definition) is 0. The first kappa shape index (κ1) is 22.5. The smallest absolute Gasteiger partial charge is 0.134 e.